The lowest BCUT2D eigenvalue weighted by molar-refractivity contribution is -0.120. The molecular formula is C13H15FN4OS2. The SMILES string of the molecule is CCNC(=O)[C@H](C)Sc1nnc(Nc2cccc(F)c2)s1. The number of anilines is 2. The maximum atomic E-state index is 13.1. The summed E-state index contributed by atoms with van der Waals surface area (Å²) >= 11 is 2.67. The fourth-order valence-electron chi connectivity index (χ4n) is 1.52. The highest BCUT2D eigenvalue weighted by molar-refractivity contribution is 8.02. The van der Waals surface area contributed by atoms with Crippen LogP contribution in [0.2, 0.25) is 0 Å². The summed E-state index contributed by atoms with van der Waals surface area (Å²) in [6.45, 7) is 4.30. The number of amides is 1. The van der Waals surface area contributed by atoms with Gasteiger partial charge in [0.15, 0.2) is 4.34 Å². The van der Waals surface area contributed by atoms with E-state index in [4.69, 9.17) is 0 Å². The standard InChI is InChI=1S/C13H15FN4OS2/c1-3-15-11(19)8(2)20-13-18-17-12(21-13)16-10-6-4-5-9(14)7-10/h4-8H,3H2,1-2H3,(H,15,19)(H,16,17)/t8-/m0/s1. The Hall–Kier alpha value is -1.67. The number of carbonyl (C=O) groups excluding carboxylic acids is 1. The average molecular weight is 326 g/mol. The molecule has 21 heavy (non-hydrogen) atoms. The summed E-state index contributed by atoms with van der Waals surface area (Å²) in [5.74, 6) is -0.346. The highest BCUT2D eigenvalue weighted by atomic mass is 32.2. The number of hydrogen-bond acceptors (Lipinski definition) is 6. The summed E-state index contributed by atoms with van der Waals surface area (Å²) in [5.41, 5.74) is 0.611. The van der Waals surface area contributed by atoms with Crippen LogP contribution < -0.4 is 10.6 Å². The van der Waals surface area contributed by atoms with E-state index in [1.54, 1.807) is 12.1 Å². The number of thioether (sulfide) groups is 1. The van der Waals surface area contributed by atoms with Crippen LogP contribution in [0.5, 0.6) is 0 Å². The molecule has 0 saturated carbocycles. The van der Waals surface area contributed by atoms with E-state index in [1.165, 1.54) is 35.2 Å². The Morgan fingerprint density at radius 1 is 1.48 bits per heavy atom. The predicted octanol–water partition coefficient (Wildman–Crippen LogP) is 3.04. The van der Waals surface area contributed by atoms with E-state index >= 15 is 0 Å². The van der Waals surface area contributed by atoms with Crippen LogP contribution in [0, 0.1) is 5.82 Å². The second kappa shape index (κ2) is 7.37. The van der Waals surface area contributed by atoms with Crippen molar-refractivity contribution in [3.63, 3.8) is 0 Å². The molecule has 0 fully saturated rings. The molecule has 0 spiro atoms. The number of benzene rings is 1. The second-order valence-electron chi connectivity index (χ2n) is 4.16. The van der Waals surface area contributed by atoms with E-state index in [2.05, 4.69) is 20.8 Å². The first-order valence-corrected chi connectivity index (χ1v) is 8.08. The number of aromatic nitrogens is 2. The molecule has 1 atom stereocenters. The topological polar surface area (TPSA) is 66.9 Å². The molecule has 2 aromatic rings. The number of nitrogens with one attached hydrogen (secondary N) is 2. The van der Waals surface area contributed by atoms with E-state index in [0.717, 1.165) is 0 Å². The van der Waals surface area contributed by atoms with Crippen LogP contribution in [0.25, 0.3) is 0 Å². The number of rotatable bonds is 6. The highest BCUT2D eigenvalue weighted by Crippen LogP contribution is 2.30. The Morgan fingerprint density at radius 3 is 3.00 bits per heavy atom. The van der Waals surface area contributed by atoms with Gasteiger partial charge in [0.05, 0.1) is 5.25 Å². The first-order valence-electron chi connectivity index (χ1n) is 6.39. The van der Waals surface area contributed by atoms with E-state index in [-0.39, 0.29) is 17.0 Å². The van der Waals surface area contributed by atoms with Crippen molar-refractivity contribution in [3.05, 3.63) is 30.1 Å². The van der Waals surface area contributed by atoms with Crippen LogP contribution in [-0.2, 0) is 4.79 Å². The molecule has 0 aliphatic rings. The molecule has 0 saturated heterocycles. The molecule has 1 amide bonds. The van der Waals surface area contributed by atoms with Gasteiger partial charge in [-0.3, -0.25) is 4.79 Å². The van der Waals surface area contributed by atoms with Gasteiger partial charge in [-0.1, -0.05) is 29.2 Å². The lowest BCUT2D eigenvalue weighted by Gasteiger charge is -2.07. The quantitative estimate of drug-likeness (QED) is 0.799. The molecule has 0 aliphatic heterocycles. The third-order valence-corrected chi connectivity index (χ3v) is 4.50. The van der Waals surface area contributed by atoms with Gasteiger partial charge in [0.2, 0.25) is 11.0 Å². The van der Waals surface area contributed by atoms with Gasteiger partial charge in [-0.25, -0.2) is 4.39 Å². The van der Waals surface area contributed by atoms with Gasteiger partial charge < -0.3 is 10.6 Å². The Morgan fingerprint density at radius 2 is 2.29 bits per heavy atom. The van der Waals surface area contributed by atoms with Gasteiger partial charge in [0.25, 0.3) is 0 Å². The fraction of sp³-hybridized carbons (Fsp3) is 0.308. The van der Waals surface area contributed by atoms with Gasteiger partial charge >= 0.3 is 0 Å². The molecule has 1 heterocycles. The molecule has 0 unspecified atom stereocenters. The van der Waals surface area contributed by atoms with Crippen LogP contribution in [0.15, 0.2) is 28.6 Å². The van der Waals surface area contributed by atoms with Crippen LogP contribution >= 0.6 is 23.1 Å². The fourth-order valence-corrected chi connectivity index (χ4v) is 3.46. The van der Waals surface area contributed by atoms with Crippen LogP contribution in [0.1, 0.15) is 13.8 Å². The average Bonchev–Trinajstić information content (AvgIpc) is 2.86. The molecule has 5 nitrogen and oxygen atoms in total. The molecule has 0 bridgehead atoms. The number of carbonyl (C=O) groups is 1. The monoisotopic (exact) mass is 326 g/mol. The summed E-state index contributed by atoms with van der Waals surface area (Å²) in [5, 5.41) is 14.1. The van der Waals surface area contributed by atoms with Crippen molar-refractivity contribution in [1.29, 1.82) is 0 Å². The van der Waals surface area contributed by atoms with Gasteiger partial charge in [-0.05, 0) is 32.0 Å². The largest absolute Gasteiger partial charge is 0.355 e. The lowest BCUT2D eigenvalue weighted by atomic mass is 10.3. The molecular weight excluding hydrogens is 311 g/mol. The minimum atomic E-state index is -0.316. The molecule has 2 N–H and O–H groups in total. The summed E-state index contributed by atoms with van der Waals surface area (Å²) in [6.07, 6.45) is 0. The van der Waals surface area contributed by atoms with Gasteiger partial charge in [0.1, 0.15) is 5.82 Å². The van der Waals surface area contributed by atoms with Crippen molar-refractivity contribution in [2.45, 2.75) is 23.4 Å². The zero-order valence-electron chi connectivity index (χ0n) is 11.6. The molecule has 112 valence electrons. The van der Waals surface area contributed by atoms with Gasteiger partial charge in [0, 0.05) is 12.2 Å². The zero-order valence-corrected chi connectivity index (χ0v) is 13.2. The van der Waals surface area contributed by atoms with Crippen molar-refractivity contribution in [2.75, 3.05) is 11.9 Å². The second-order valence-corrected chi connectivity index (χ2v) is 6.73. The number of hydrogen-bond donors (Lipinski definition) is 2. The van der Waals surface area contributed by atoms with Crippen molar-refractivity contribution in [3.8, 4) is 0 Å². The molecule has 8 heteroatoms. The van der Waals surface area contributed by atoms with E-state index in [0.29, 0.717) is 21.7 Å². The Kier molecular flexibility index (Phi) is 5.51. The molecule has 2 rings (SSSR count). The minimum absolute atomic E-state index is 0.0302. The summed E-state index contributed by atoms with van der Waals surface area (Å²) < 4.78 is 13.8. The van der Waals surface area contributed by atoms with Crippen LogP contribution in [0.3, 0.4) is 0 Å². The maximum Gasteiger partial charge on any atom is 0.233 e. The van der Waals surface area contributed by atoms with Crippen LogP contribution in [-0.4, -0.2) is 27.9 Å². The number of halogens is 1. The summed E-state index contributed by atoms with van der Waals surface area (Å²) in [6, 6.07) is 6.12. The van der Waals surface area contributed by atoms with E-state index in [9.17, 15) is 9.18 Å². The van der Waals surface area contributed by atoms with E-state index < -0.39 is 0 Å². The van der Waals surface area contributed by atoms with Crippen molar-refractivity contribution >= 4 is 39.8 Å². The first kappa shape index (κ1) is 15.7. The summed E-state index contributed by atoms with van der Waals surface area (Å²) in [7, 11) is 0. The van der Waals surface area contributed by atoms with Crippen molar-refractivity contribution < 1.29 is 9.18 Å². The van der Waals surface area contributed by atoms with Crippen molar-refractivity contribution in [2.24, 2.45) is 0 Å². The molecule has 0 radical (unpaired) electrons. The van der Waals surface area contributed by atoms with E-state index in [1.807, 2.05) is 13.8 Å². The minimum Gasteiger partial charge on any atom is -0.355 e. The van der Waals surface area contributed by atoms with Crippen LogP contribution in [0.4, 0.5) is 15.2 Å². The van der Waals surface area contributed by atoms with Gasteiger partial charge in [-0.15, -0.1) is 10.2 Å². The van der Waals surface area contributed by atoms with Gasteiger partial charge in [-0.2, -0.15) is 0 Å². The lowest BCUT2D eigenvalue weighted by Crippen LogP contribution is -2.30. The zero-order chi connectivity index (χ0) is 15.2. The maximum absolute atomic E-state index is 13.1. The first-order chi connectivity index (χ1) is 10.1. The molecule has 0 aliphatic carbocycles. The predicted molar refractivity (Wildman–Crippen MR) is 83.6 cm³/mol. The van der Waals surface area contributed by atoms with Crippen molar-refractivity contribution in [1.82, 2.24) is 15.5 Å². The Balaban J connectivity index is 1.96. The Bertz CT molecular complexity index is 620. The molecule has 1 aromatic carbocycles. The highest BCUT2D eigenvalue weighted by Gasteiger charge is 2.16. The third kappa shape index (κ3) is 4.68. The Labute approximate surface area is 130 Å². The normalized spacial score (nSPS) is 12.0. The molecule has 1 aromatic heterocycles. The summed E-state index contributed by atoms with van der Waals surface area (Å²) in [4.78, 5) is 11.6. The third-order valence-electron chi connectivity index (χ3n) is 2.48. The smallest absolute Gasteiger partial charge is 0.233 e. The number of nitrogens with zero attached hydrogens (tertiary/aromatic N) is 2.